The zero-order valence-electron chi connectivity index (χ0n) is 5.95. The first-order valence-electron chi connectivity index (χ1n) is 3.68. The molecule has 2 aromatic heterocycles. The summed E-state index contributed by atoms with van der Waals surface area (Å²) < 4.78 is 2.35. The van der Waals surface area contributed by atoms with Gasteiger partial charge in [-0.2, -0.15) is 0 Å². The number of fused-ring (bicyclic) bond motifs is 3. The largest absolute Gasteiger partial charge is 0.329 e. The fourth-order valence-corrected chi connectivity index (χ4v) is 2.51. The molecule has 3 rings (SSSR count). The third kappa shape index (κ3) is 0.601. The third-order valence-electron chi connectivity index (χ3n) is 2.11. The Bertz CT molecular complexity index is 433. The Hall–Kier alpha value is -1.02. The van der Waals surface area contributed by atoms with Crippen molar-refractivity contribution in [3.63, 3.8) is 0 Å². The highest BCUT2D eigenvalue weighted by Gasteiger charge is 2.09. The van der Waals surface area contributed by atoms with Crippen molar-refractivity contribution in [2.75, 3.05) is 0 Å². The maximum absolute atomic E-state index is 2.35. The molecule has 0 saturated carbocycles. The molecule has 0 atom stereocenters. The van der Waals surface area contributed by atoms with Crippen LogP contribution in [0.5, 0.6) is 0 Å². The Morgan fingerprint density at radius 1 is 1.45 bits per heavy atom. The van der Waals surface area contributed by atoms with Crippen molar-refractivity contribution in [1.82, 2.24) is 4.57 Å². The molecule has 0 aromatic carbocycles. The van der Waals surface area contributed by atoms with E-state index in [1.165, 1.54) is 15.9 Å². The van der Waals surface area contributed by atoms with E-state index in [0.717, 1.165) is 6.54 Å². The maximum atomic E-state index is 2.35. The Morgan fingerprint density at radius 2 is 2.45 bits per heavy atom. The van der Waals surface area contributed by atoms with Gasteiger partial charge in [0, 0.05) is 17.6 Å². The van der Waals surface area contributed by atoms with Gasteiger partial charge in [0.05, 0.1) is 0 Å². The van der Waals surface area contributed by atoms with Gasteiger partial charge in [-0.25, -0.2) is 0 Å². The average Bonchev–Trinajstić information content (AvgIpc) is 2.52. The molecule has 11 heavy (non-hydrogen) atoms. The normalized spacial score (nSPS) is 14.5. The average molecular weight is 161 g/mol. The quantitative estimate of drug-likeness (QED) is 0.560. The van der Waals surface area contributed by atoms with Crippen LogP contribution < -0.4 is 0 Å². The molecular formula is C9H7NS. The van der Waals surface area contributed by atoms with Crippen molar-refractivity contribution in [2.45, 2.75) is 6.54 Å². The number of hydrogen-bond acceptors (Lipinski definition) is 1. The molecule has 2 heteroatoms. The lowest BCUT2D eigenvalue weighted by Gasteiger charge is -1.94. The fraction of sp³-hybridized carbons (Fsp3) is 0.111. The van der Waals surface area contributed by atoms with E-state index in [0.29, 0.717) is 0 Å². The highest BCUT2D eigenvalue weighted by molar-refractivity contribution is 7.16. The lowest BCUT2D eigenvalue weighted by atomic mass is 10.3. The Morgan fingerprint density at radius 3 is 3.45 bits per heavy atom. The second-order valence-electron chi connectivity index (χ2n) is 2.76. The highest BCUT2D eigenvalue weighted by atomic mass is 32.1. The van der Waals surface area contributed by atoms with Gasteiger partial charge in [-0.05, 0) is 23.6 Å². The van der Waals surface area contributed by atoms with Crippen LogP contribution in [0.1, 0.15) is 5.69 Å². The topological polar surface area (TPSA) is 4.93 Å². The predicted octanol–water partition coefficient (Wildman–Crippen LogP) is 2.73. The molecule has 1 aliphatic heterocycles. The van der Waals surface area contributed by atoms with E-state index >= 15 is 0 Å². The molecule has 1 aliphatic rings. The molecule has 0 fully saturated rings. The molecule has 0 amide bonds. The highest BCUT2D eigenvalue weighted by Crippen LogP contribution is 2.28. The van der Waals surface area contributed by atoms with Crippen LogP contribution in [-0.2, 0) is 6.54 Å². The van der Waals surface area contributed by atoms with Crippen molar-refractivity contribution in [1.29, 1.82) is 0 Å². The summed E-state index contributed by atoms with van der Waals surface area (Å²) in [4.78, 5) is 1.41. The van der Waals surface area contributed by atoms with Crippen LogP contribution in [0.4, 0.5) is 0 Å². The molecule has 0 radical (unpaired) electrons. The van der Waals surface area contributed by atoms with Crippen molar-refractivity contribution in [2.24, 2.45) is 0 Å². The lowest BCUT2D eigenvalue weighted by molar-refractivity contribution is 0.889. The summed E-state index contributed by atoms with van der Waals surface area (Å²) in [5.74, 6) is 0. The Kier molecular flexibility index (Phi) is 0.902. The standard InChI is InChI=1S/C9H7NS/c1-2-8-6-7-3-5-11-9(7)10(8)4-1/h1-3,5-6H,4H2. The van der Waals surface area contributed by atoms with Crippen molar-refractivity contribution in [3.05, 3.63) is 29.3 Å². The molecule has 0 unspecified atom stereocenters. The minimum absolute atomic E-state index is 1.05. The van der Waals surface area contributed by atoms with E-state index in [4.69, 9.17) is 0 Å². The molecule has 0 spiro atoms. The van der Waals surface area contributed by atoms with Crippen LogP contribution in [0.15, 0.2) is 23.6 Å². The zero-order chi connectivity index (χ0) is 7.26. The van der Waals surface area contributed by atoms with Crippen LogP contribution in [0, 0.1) is 0 Å². The van der Waals surface area contributed by atoms with Crippen LogP contribution >= 0.6 is 11.3 Å². The summed E-state index contributed by atoms with van der Waals surface area (Å²) in [5.41, 5.74) is 1.35. The van der Waals surface area contributed by atoms with Gasteiger partial charge in [-0.1, -0.05) is 6.08 Å². The van der Waals surface area contributed by atoms with Gasteiger partial charge in [0.25, 0.3) is 0 Å². The lowest BCUT2D eigenvalue weighted by Crippen LogP contribution is -1.88. The van der Waals surface area contributed by atoms with Gasteiger partial charge in [-0.15, -0.1) is 11.3 Å². The van der Waals surface area contributed by atoms with Gasteiger partial charge >= 0.3 is 0 Å². The molecule has 54 valence electrons. The fourth-order valence-electron chi connectivity index (χ4n) is 1.60. The SMILES string of the molecule is C1=Cc2cc3ccsc3n2C1. The molecule has 1 nitrogen and oxygen atoms in total. The molecular weight excluding hydrogens is 154 g/mol. The summed E-state index contributed by atoms with van der Waals surface area (Å²) in [5, 5.41) is 3.53. The number of nitrogens with zero attached hydrogens (tertiary/aromatic N) is 1. The first kappa shape index (κ1) is 5.61. The smallest absolute Gasteiger partial charge is 0.103 e. The van der Waals surface area contributed by atoms with Crippen LogP contribution in [0.25, 0.3) is 16.3 Å². The molecule has 0 aliphatic carbocycles. The second kappa shape index (κ2) is 1.77. The number of allylic oxidation sites excluding steroid dienone is 1. The van der Waals surface area contributed by atoms with E-state index in [-0.39, 0.29) is 0 Å². The summed E-state index contributed by atoms with van der Waals surface area (Å²) in [6.07, 6.45) is 4.39. The van der Waals surface area contributed by atoms with Gasteiger partial charge in [0.2, 0.25) is 0 Å². The molecule has 2 aromatic rings. The Balaban J connectivity index is 2.52. The minimum Gasteiger partial charge on any atom is -0.329 e. The number of rotatable bonds is 0. The van der Waals surface area contributed by atoms with Crippen LogP contribution in [0.2, 0.25) is 0 Å². The Labute approximate surface area is 68.6 Å². The molecule has 3 heterocycles. The van der Waals surface area contributed by atoms with Gasteiger partial charge in [0.1, 0.15) is 4.83 Å². The van der Waals surface area contributed by atoms with E-state index in [2.05, 4.69) is 34.2 Å². The predicted molar refractivity (Wildman–Crippen MR) is 48.8 cm³/mol. The molecule has 0 bridgehead atoms. The summed E-state index contributed by atoms with van der Waals surface area (Å²) in [7, 11) is 0. The van der Waals surface area contributed by atoms with E-state index in [9.17, 15) is 0 Å². The van der Waals surface area contributed by atoms with Crippen molar-refractivity contribution < 1.29 is 0 Å². The summed E-state index contributed by atoms with van der Waals surface area (Å²) in [6.45, 7) is 1.05. The van der Waals surface area contributed by atoms with E-state index < -0.39 is 0 Å². The zero-order valence-corrected chi connectivity index (χ0v) is 6.77. The number of hydrogen-bond donors (Lipinski definition) is 0. The summed E-state index contributed by atoms with van der Waals surface area (Å²) in [6, 6.07) is 4.43. The number of thiophene rings is 1. The first-order valence-corrected chi connectivity index (χ1v) is 4.56. The van der Waals surface area contributed by atoms with Crippen LogP contribution in [-0.4, -0.2) is 4.57 Å². The second-order valence-corrected chi connectivity index (χ2v) is 3.66. The number of aromatic nitrogens is 1. The minimum atomic E-state index is 1.05. The maximum Gasteiger partial charge on any atom is 0.103 e. The van der Waals surface area contributed by atoms with Gasteiger partial charge < -0.3 is 4.57 Å². The van der Waals surface area contributed by atoms with Gasteiger partial charge in [-0.3, -0.25) is 0 Å². The molecule has 0 N–H and O–H groups in total. The van der Waals surface area contributed by atoms with Gasteiger partial charge in [0.15, 0.2) is 0 Å². The summed E-state index contributed by atoms with van der Waals surface area (Å²) >= 11 is 1.82. The first-order chi connectivity index (χ1) is 5.45. The van der Waals surface area contributed by atoms with E-state index in [1.54, 1.807) is 0 Å². The monoisotopic (exact) mass is 161 g/mol. The molecule has 0 saturated heterocycles. The van der Waals surface area contributed by atoms with Crippen molar-refractivity contribution >= 4 is 27.6 Å². The van der Waals surface area contributed by atoms with Crippen molar-refractivity contribution in [3.8, 4) is 0 Å². The van der Waals surface area contributed by atoms with Crippen LogP contribution in [0.3, 0.4) is 0 Å². The third-order valence-corrected chi connectivity index (χ3v) is 3.06. The van der Waals surface area contributed by atoms with E-state index in [1.807, 2.05) is 11.3 Å².